The Labute approximate surface area is 218 Å². The van der Waals surface area contributed by atoms with Gasteiger partial charge in [-0.3, -0.25) is 0 Å². The van der Waals surface area contributed by atoms with E-state index < -0.39 is 17.9 Å². The van der Waals surface area contributed by atoms with Gasteiger partial charge in [0.15, 0.2) is 0 Å². The minimum Gasteiger partial charge on any atom is -0.462 e. The second-order valence-electron chi connectivity index (χ2n) is 12.3. The van der Waals surface area contributed by atoms with E-state index in [1.807, 2.05) is 41.5 Å². The number of hydrogen-bond donors (Lipinski definition) is 0. The van der Waals surface area contributed by atoms with Gasteiger partial charge in [0.25, 0.3) is 0 Å². The van der Waals surface area contributed by atoms with Crippen molar-refractivity contribution in [3.05, 3.63) is 34.9 Å². The standard InChI is InChI=1S/C30H48O6/c1-10-13-28(4,5)19-34-25(31)22-16-23(26(32)35-20-29(6,7)14-11-2)18-24(17-22)27(33)36-21-30(8,9)15-12-3/h16-18H,10-15,19-21H2,1-9H3. The zero-order valence-electron chi connectivity index (χ0n) is 24.0. The molecule has 0 aliphatic rings. The lowest BCUT2D eigenvalue weighted by Crippen LogP contribution is -2.24. The third kappa shape index (κ3) is 11.1. The predicted molar refractivity (Wildman–Crippen MR) is 143 cm³/mol. The Morgan fingerprint density at radius 3 is 0.944 bits per heavy atom. The second kappa shape index (κ2) is 13.8. The number of carbonyl (C=O) groups is 3. The summed E-state index contributed by atoms with van der Waals surface area (Å²) < 4.78 is 16.7. The van der Waals surface area contributed by atoms with Crippen LogP contribution in [-0.4, -0.2) is 37.7 Å². The normalized spacial score (nSPS) is 12.2. The Kier molecular flexibility index (Phi) is 12.1. The van der Waals surface area contributed by atoms with Crippen molar-refractivity contribution in [2.45, 2.75) is 101 Å². The Morgan fingerprint density at radius 2 is 0.750 bits per heavy atom. The van der Waals surface area contributed by atoms with Crippen molar-refractivity contribution < 1.29 is 28.6 Å². The second-order valence-corrected chi connectivity index (χ2v) is 12.3. The topological polar surface area (TPSA) is 78.9 Å². The average Bonchev–Trinajstić information content (AvgIpc) is 2.79. The van der Waals surface area contributed by atoms with Crippen LogP contribution >= 0.6 is 0 Å². The molecule has 1 rings (SSSR count). The molecule has 6 nitrogen and oxygen atoms in total. The summed E-state index contributed by atoms with van der Waals surface area (Å²) in [5, 5.41) is 0. The lowest BCUT2D eigenvalue weighted by Gasteiger charge is -2.24. The van der Waals surface area contributed by atoms with Gasteiger partial charge in [-0.1, -0.05) is 81.6 Å². The third-order valence-corrected chi connectivity index (χ3v) is 6.20. The average molecular weight is 505 g/mol. The maximum Gasteiger partial charge on any atom is 0.338 e. The maximum atomic E-state index is 12.9. The first-order valence-electron chi connectivity index (χ1n) is 13.3. The SMILES string of the molecule is CCCC(C)(C)COC(=O)c1cc(C(=O)OCC(C)(C)CCC)cc(C(=O)OCC(C)(C)CCC)c1. The first-order valence-corrected chi connectivity index (χ1v) is 13.3. The Hall–Kier alpha value is -2.37. The fourth-order valence-corrected chi connectivity index (χ4v) is 4.26. The smallest absolute Gasteiger partial charge is 0.338 e. The van der Waals surface area contributed by atoms with Crippen LogP contribution in [0.15, 0.2) is 18.2 Å². The van der Waals surface area contributed by atoms with Gasteiger partial charge in [0.1, 0.15) is 0 Å². The predicted octanol–water partition coefficient (Wildman–Crippen LogP) is 7.64. The molecule has 36 heavy (non-hydrogen) atoms. The van der Waals surface area contributed by atoms with Crippen LogP contribution in [0.4, 0.5) is 0 Å². The summed E-state index contributed by atoms with van der Waals surface area (Å²) in [4.78, 5) is 38.8. The highest BCUT2D eigenvalue weighted by molar-refractivity contribution is 6.00. The monoisotopic (exact) mass is 504 g/mol. The van der Waals surface area contributed by atoms with Crippen LogP contribution in [0.2, 0.25) is 0 Å². The van der Waals surface area contributed by atoms with Crippen LogP contribution in [0, 0.1) is 16.2 Å². The van der Waals surface area contributed by atoms with Crippen molar-refractivity contribution in [3.8, 4) is 0 Å². The van der Waals surface area contributed by atoms with E-state index in [4.69, 9.17) is 14.2 Å². The van der Waals surface area contributed by atoms with Crippen LogP contribution in [0.3, 0.4) is 0 Å². The zero-order valence-corrected chi connectivity index (χ0v) is 24.0. The van der Waals surface area contributed by atoms with E-state index in [1.165, 1.54) is 18.2 Å². The molecule has 0 spiro atoms. The van der Waals surface area contributed by atoms with Gasteiger partial charge >= 0.3 is 17.9 Å². The largest absolute Gasteiger partial charge is 0.462 e. The summed E-state index contributed by atoms with van der Waals surface area (Å²) >= 11 is 0. The molecular formula is C30H48O6. The summed E-state index contributed by atoms with van der Waals surface area (Å²) in [6, 6.07) is 4.30. The van der Waals surface area contributed by atoms with E-state index in [0.29, 0.717) is 0 Å². The summed E-state index contributed by atoms with van der Waals surface area (Å²) in [5.41, 5.74) is -0.118. The van der Waals surface area contributed by atoms with Gasteiger partial charge in [0, 0.05) is 0 Å². The van der Waals surface area contributed by atoms with Crippen LogP contribution in [0.1, 0.15) is 132 Å². The summed E-state index contributed by atoms with van der Waals surface area (Å²) in [6.45, 7) is 19.2. The highest BCUT2D eigenvalue weighted by Gasteiger charge is 2.25. The Balaban J connectivity index is 3.19. The molecule has 0 amide bonds. The van der Waals surface area contributed by atoms with Crippen molar-refractivity contribution in [2.75, 3.05) is 19.8 Å². The minimum atomic E-state index is -0.583. The molecule has 0 aromatic heterocycles. The van der Waals surface area contributed by atoms with Crippen molar-refractivity contribution in [3.63, 3.8) is 0 Å². The van der Waals surface area contributed by atoms with Crippen molar-refractivity contribution in [1.29, 1.82) is 0 Å². The lowest BCUT2D eigenvalue weighted by atomic mass is 9.89. The van der Waals surface area contributed by atoms with E-state index >= 15 is 0 Å². The molecule has 1 aromatic rings. The van der Waals surface area contributed by atoms with Crippen molar-refractivity contribution in [1.82, 2.24) is 0 Å². The fourth-order valence-electron chi connectivity index (χ4n) is 4.26. The van der Waals surface area contributed by atoms with E-state index in [-0.39, 0.29) is 52.8 Å². The molecule has 1 aromatic carbocycles. The number of hydrogen-bond acceptors (Lipinski definition) is 6. The maximum absolute atomic E-state index is 12.9. The van der Waals surface area contributed by atoms with Gasteiger partial charge in [0.05, 0.1) is 36.5 Å². The first-order chi connectivity index (χ1) is 16.6. The van der Waals surface area contributed by atoms with E-state index in [1.54, 1.807) is 0 Å². The highest BCUT2D eigenvalue weighted by atomic mass is 16.5. The zero-order chi connectivity index (χ0) is 27.6. The van der Waals surface area contributed by atoms with Gasteiger partial charge < -0.3 is 14.2 Å². The molecule has 204 valence electrons. The first kappa shape index (κ1) is 31.7. The van der Waals surface area contributed by atoms with E-state index in [2.05, 4.69) is 20.8 Å². The molecule has 0 saturated heterocycles. The lowest BCUT2D eigenvalue weighted by molar-refractivity contribution is 0.0317. The number of rotatable bonds is 15. The number of esters is 3. The Morgan fingerprint density at radius 1 is 0.528 bits per heavy atom. The molecule has 0 heterocycles. The molecule has 0 aliphatic carbocycles. The van der Waals surface area contributed by atoms with Crippen molar-refractivity contribution >= 4 is 17.9 Å². The molecule has 0 fully saturated rings. The van der Waals surface area contributed by atoms with Crippen LogP contribution < -0.4 is 0 Å². The van der Waals surface area contributed by atoms with Crippen molar-refractivity contribution in [2.24, 2.45) is 16.2 Å². The van der Waals surface area contributed by atoms with E-state index in [0.717, 1.165) is 38.5 Å². The van der Waals surface area contributed by atoms with Crippen LogP contribution in [0.25, 0.3) is 0 Å². The highest BCUT2D eigenvalue weighted by Crippen LogP contribution is 2.26. The van der Waals surface area contributed by atoms with Crippen LogP contribution in [-0.2, 0) is 14.2 Å². The third-order valence-electron chi connectivity index (χ3n) is 6.20. The quantitative estimate of drug-likeness (QED) is 0.180. The molecule has 6 heteroatoms. The molecule has 0 unspecified atom stereocenters. The minimum absolute atomic E-state index is 0.129. The number of ether oxygens (including phenoxy) is 3. The number of benzene rings is 1. The summed E-state index contributed by atoms with van der Waals surface area (Å²) in [5.74, 6) is -1.75. The molecule has 0 saturated carbocycles. The molecular weight excluding hydrogens is 456 g/mol. The molecule has 0 radical (unpaired) electrons. The van der Waals surface area contributed by atoms with Gasteiger partial charge in [-0.05, 0) is 53.7 Å². The fraction of sp³-hybridized carbons (Fsp3) is 0.700. The van der Waals surface area contributed by atoms with Crippen LogP contribution in [0.5, 0.6) is 0 Å². The summed E-state index contributed by atoms with van der Waals surface area (Å²) in [7, 11) is 0. The number of carbonyl (C=O) groups excluding carboxylic acids is 3. The molecule has 0 bridgehead atoms. The molecule has 0 atom stereocenters. The van der Waals surface area contributed by atoms with E-state index in [9.17, 15) is 14.4 Å². The van der Waals surface area contributed by atoms with Gasteiger partial charge in [0.2, 0.25) is 0 Å². The molecule has 0 aliphatic heterocycles. The van der Waals surface area contributed by atoms with Gasteiger partial charge in [-0.15, -0.1) is 0 Å². The molecule has 0 N–H and O–H groups in total. The Bertz CT molecular complexity index is 755. The van der Waals surface area contributed by atoms with Gasteiger partial charge in [-0.25, -0.2) is 14.4 Å². The van der Waals surface area contributed by atoms with Gasteiger partial charge in [-0.2, -0.15) is 0 Å². The summed E-state index contributed by atoms with van der Waals surface area (Å²) in [6.07, 6.45) is 5.65.